The minimum Gasteiger partial charge on any atom is -0.326 e. The first-order chi connectivity index (χ1) is 19.2. The van der Waals surface area contributed by atoms with Crippen molar-refractivity contribution < 1.29 is 18.8 Å². The normalized spacial score (nSPS) is 14.7. The summed E-state index contributed by atoms with van der Waals surface area (Å²) in [7, 11) is 0. The lowest BCUT2D eigenvalue weighted by atomic mass is 9.90. The highest BCUT2D eigenvalue weighted by Gasteiger charge is 2.22. The summed E-state index contributed by atoms with van der Waals surface area (Å²) in [4.78, 5) is 30.7. The summed E-state index contributed by atoms with van der Waals surface area (Å²) >= 11 is 0. The second kappa shape index (κ2) is 11.6. The minimum atomic E-state index is -0.664. The van der Waals surface area contributed by atoms with Crippen LogP contribution in [-0.4, -0.2) is 60.2 Å². The Hall–Kier alpha value is -4.03. The van der Waals surface area contributed by atoms with Crippen LogP contribution in [0.15, 0.2) is 36.7 Å². The number of anilines is 2. The minimum absolute atomic E-state index is 0.0210. The van der Waals surface area contributed by atoms with Gasteiger partial charge < -0.3 is 14.8 Å². The zero-order valence-electron chi connectivity index (χ0n) is 22.7. The third-order valence-electron chi connectivity index (χ3n) is 7.32. The molecule has 4 heterocycles. The lowest BCUT2D eigenvalue weighted by Crippen LogP contribution is -2.35. The second-order valence-electron chi connectivity index (χ2n) is 10.3. The highest BCUT2D eigenvalue weighted by atomic mass is 19.1. The highest BCUT2D eigenvalue weighted by molar-refractivity contribution is 5.83. The van der Waals surface area contributed by atoms with Crippen molar-refractivity contribution in [2.75, 3.05) is 25.0 Å². The van der Waals surface area contributed by atoms with Crippen molar-refractivity contribution in [3.63, 3.8) is 0 Å². The van der Waals surface area contributed by atoms with Crippen LogP contribution in [0.5, 0.6) is 0 Å². The van der Waals surface area contributed by atoms with Crippen LogP contribution < -0.4 is 10.8 Å². The number of nitrogens with one attached hydrogen (secondary N) is 2. The molecule has 3 N–H and O–H groups in total. The molecule has 4 aromatic rings. The van der Waals surface area contributed by atoms with Crippen molar-refractivity contribution in [1.82, 2.24) is 34.9 Å². The molecule has 3 aromatic heterocycles. The van der Waals surface area contributed by atoms with E-state index >= 15 is 0 Å². The number of aryl methyl sites for hydroxylation is 1. The molecule has 0 spiro atoms. The van der Waals surface area contributed by atoms with E-state index < -0.39 is 11.6 Å². The van der Waals surface area contributed by atoms with E-state index in [0.29, 0.717) is 35.2 Å². The molecule has 1 aliphatic heterocycles. The highest BCUT2D eigenvalue weighted by Crippen LogP contribution is 2.31. The molecule has 10 nitrogen and oxygen atoms in total. The van der Waals surface area contributed by atoms with Crippen LogP contribution in [0.2, 0.25) is 0 Å². The number of nitrogens with zero attached hydrogens (tertiary/aromatic N) is 6. The number of carbonyl (C=O) groups is 1. The zero-order chi connectivity index (χ0) is 28.4. The molecule has 0 radical (unpaired) electrons. The second-order valence-corrected chi connectivity index (χ2v) is 10.3. The lowest BCUT2D eigenvalue weighted by Gasteiger charge is -2.31. The number of likely N-dealkylation sites (tertiary alicyclic amines) is 1. The first-order valence-corrected chi connectivity index (χ1v) is 13.3. The van der Waals surface area contributed by atoms with Crippen LogP contribution in [0.3, 0.4) is 0 Å². The first-order valence-electron chi connectivity index (χ1n) is 13.3. The Kier molecular flexibility index (Phi) is 7.99. The van der Waals surface area contributed by atoms with Crippen LogP contribution in [0, 0.1) is 18.6 Å². The zero-order valence-corrected chi connectivity index (χ0v) is 22.7. The van der Waals surface area contributed by atoms with Gasteiger partial charge in [-0.05, 0) is 76.4 Å². The van der Waals surface area contributed by atoms with E-state index in [1.54, 1.807) is 11.5 Å². The molecule has 0 saturated carbocycles. The van der Waals surface area contributed by atoms with Crippen LogP contribution in [0.4, 0.5) is 20.5 Å². The number of amides is 1. The van der Waals surface area contributed by atoms with E-state index in [4.69, 9.17) is 5.21 Å². The maximum absolute atomic E-state index is 15.0. The van der Waals surface area contributed by atoms with Crippen molar-refractivity contribution in [3.8, 4) is 11.3 Å². The van der Waals surface area contributed by atoms with E-state index in [-0.39, 0.29) is 35.5 Å². The Morgan fingerprint density at radius 1 is 1.10 bits per heavy atom. The number of hydroxylamine groups is 1. The SMILES string of the molecule is Cc1nc2c(F)cc(-c3nc(Nc4ccc(C5CCN(CCC(=O)NO)CC5)cn4)ncc3F)cc2n1C(C)C. The summed E-state index contributed by atoms with van der Waals surface area (Å²) < 4.78 is 31.7. The molecule has 40 heavy (non-hydrogen) atoms. The Labute approximate surface area is 230 Å². The average Bonchev–Trinajstić information content (AvgIpc) is 3.30. The number of benzene rings is 1. The van der Waals surface area contributed by atoms with Gasteiger partial charge in [-0.1, -0.05) is 6.07 Å². The first kappa shape index (κ1) is 27.5. The molecule has 12 heteroatoms. The molecule has 1 amide bonds. The maximum atomic E-state index is 15.0. The van der Waals surface area contributed by atoms with Gasteiger partial charge in [0.15, 0.2) is 11.6 Å². The number of imidazole rings is 1. The number of aromatic nitrogens is 5. The molecule has 0 bridgehead atoms. The van der Waals surface area contributed by atoms with Crippen LogP contribution in [-0.2, 0) is 4.79 Å². The van der Waals surface area contributed by atoms with Gasteiger partial charge in [0.1, 0.15) is 22.9 Å². The summed E-state index contributed by atoms with van der Waals surface area (Å²) in [5, 5.41) is 11.7. The molecule has 0 atom stereocenters. The molecule has 1 aliphatic rings. The van der Waals surface area contributed by atoms with E-state index in [2.05, 4.69) is 30.2 Å². The van der Waals surface area contributed by atoms with Gasteiger partial charge in [-0.15, -0.1) is 0 Å². The predicted octanol–water partition coefficient (Wildman–Crippen LogP) is 4.87. The van der Waals surface area contributed by atoms with Crippen LogP contribution in [0.1, 0.15) is 56.5 Å². The number of piperidine rings is 1. The van der Waals surface area contributed by atoms with E-state index in [1.165, 1.54) is 6.07 Å². The van der Waals surface area contributed by atoms with Crippen molar-refractivity contribution in [2.24, 2.45) is 0 Å². The molecular weight excluding hydrogens is 518 g/mol. The van der Waals surface area contributed by atoms with Crippen molar-refractivity contribution >= 4 is 28.7 Å². The Bertz CT molecular complexity index is 1520. The smallest absolute Gasteiger partial charge is 0.244 e. The van der Waals surface area contributed by atoms with Gasteiger partial charge in [0.05, 0.1) is 11.7 Å². The van der Waals surface area contributed by atoms with Crippen molar-refractivity contribution in [3.05, 3.63) is 59.7 Å². The number of halogens is 2. The number of hydrogen-bond donors (Lipinski definition) is 3. The third-order valence-corrected chi connectivity index (χ3v) is 7.32. The molecule has 0 aliphatic carbocycles. The van der Waals surface area contributed by atoms with Gasteiger partial charge in [-0.3, -0.25) is 10.0 Å². The van der Waals surface area contributed by atoms with E-state index in [1.807, 2.05) is 43.7 Å². The summed E-state index contributed by atoms with van der Waals surface area (Å²) in [6.45, 7) is 8.11. The fourth-order valence-electron chi connectivity index (χ4n) is 5.33. The van der Waals surface area contributed by atoms with E-state index in [9.17, 15) is 13.6 Å². The summed E-state index contributed by atoms with van der Waals surface area (Å²) in [6, 6.07) is 6.82. The number of pyridine rings is 1. The topological polar surface area (TPSA) is 121 Å². The Morgan fingerprint density at radius 3 is 2.55 bits per heavy atom. The third kappa shape index (κ3) is 5.77. The number of fused-ring (bicyclic) bond motifs is 1. The molecule has 0 unspecified atom stereocenters. The molecule has 1 saturated heterocycles. The van der Waals surface area contributed by atoms with Gasteiger partial charge in [0.25, 0.3) is 0 Å². The van der Waals surface area contributed by atoms with Gasteiger partial charge in [0, 0.05) is 30.8 Å². The van der Waals surface area contributed by atoms with Gasteiger partial charge >= 0.3 is 0 Å². The molecule has 1 aromatic carbocycles. The van der Waals surface area contributed by atoms with Crippen molar-refractivity contribution in [2.45, 2.75) is 52.0 Å². The number of rotatable bonds is 8. The van der Waals surface area contributed by atoms with Crippen LogP contribution >= 0.6 is 0 Å². The van der Waals surface area contributed by atoms with E-state index in [0.717, 1.165) is 37.7 Å². The largest absolute Gasteiger partial charge is 0.326 e. The standard InChI is InChI=1S/C28H32F2N8O2/c1-16(2)38-17(3)33-27-21(29)12-20(13-23(27)38)26-22(30)15-32-28(35-26)34-24-5-4-19(14-31-24)18-6-9-37(10-7-18)11-8-25(39)36-40/h4-5,12-16,18,40H,6-11H2,1-3H3,(H,36,39)(H,31,32,34,35). The lowest BCUT2D eigenvalue weighted by molar-refractivity contribution is -0.129. The average molecular weight is 551 g/mol. The predicted molar refractivity (Wildman–Crippen MR) is 146 cm³/mol. The summed E-state index contributed by atoms with van der Waals surface area (Å²) in [5.74, 6) is 0.0949. The Morgan fingerprint density at radius 2 is 1.88 bits per heavy atom. The van der Waals surface area contributed by atoms with Gasteiger partial charge in [-0.25, -0.2) is 34.2 Å². The van der Waals surface area contributed by atoms with Crippen molar-refractivity contribution in [1.29, 1.82) is 0 Å². The fourth-order valence-corrected chi connectivity index (χ4v) is 5.33. The number of carbonyl (C=O) groups excluding carboxylic acids is 1. The molecule has 210 valence electrons. The quantitative estimate of drug-likeness (QED) is 0.210. The van der Waals surface area contributed by atoms with Crippen LogP contribution in [0.25, 0.3) is 22.3 Å². The molecule has 1 fully saturated rings. The van der Waals surface area contributed by atoms with Gasteiger partial charge in [0.2, 0.25) is 11.9 Å². The Balaban J connectivity index is 1.29. The van der Waals surface area contributed by atoms with Gasteiger partial charge in [-0.2, -0.15) is 0 Å². The molecule has 5 rings (SSSR count). The maximum Gasteiger partial charge on any atom is 0.244 e. The summed E-state index contributed by atoms with van der Waals surface area (Å²) in [5.41, 5.74) is 3.87. The fraction of sp³-hybridized carbons (Fsp3) is 0.393. The monoisotopic (exact) mass is 550 g/mol. The molecular formula is C28H32F2N8O2. The number of hydrogen-bond acceptors (Lipinski definition) is 8. The summed E-state index contributed by atoms with van der Waals surface area (Å²) in [6.07, 6.45) is 5.02.